The molecule has 2 aromatic carbocycles. The maximum absolute atomic E-state index is 12.5. The van der Waals surface area contributed by atoms with Crippen molar-refractivity contribution in [3.8, 4) is 0 Å². The van der Waals surface area contributed by atoms with E-state index in [4.69, 9.17) is 4.74 Å². The van der Waals surface area contributed by atoms with E-state index in [1.54, 1.807) is 18.2 Å². The standard InChI is InChI=1S/C19H21N3O4S/c1-26-13-19(23)22-18(14-7-4-3-5-8-14)12-17(20-22)15-9-6-10-16(11-15)21-27(2,24)25/h3-11,18,21H,12-13H2,1-2H3/t18-/m0/s1. The number of nitrogens with zero attached hydrogens (tertiary/aromatic N) is 2. The van der Waals surface area contributed by atoms with Gasteiger partial charge in [0.15, 0.2) is 0 Å². The molecule has 1 N–H and O–H groups in total. The van der Waals surface area contributed by atoms with Gasteiger partial charge in [0.2, 0.25) is 10.0 Å². The number of ether oxygens (including phenoxy) is 1. The Morgan fingerprint density at radius 1 is 1.22 bits per heavy atom. The molecule has 7 nitrogen and oxygen atoms in total. The van der Waals surface area contributed by atoms with Crippen LogP contribution in [0.25, 0.3) is 0 Å². The number of carbonyl (C=O) groups excluding carboxylic acids is 1. The van der Waals surface area contributed by atoms with Gasteiger partial charge in [-0.15, -0.1) is 0 Å². The molecule has 0 unspecified atom stereocenters. The van der Waals surface area contributed by atoms with Crippen LogP contribution in [0, 0.1) is 0 Å². The predicted octanol–water partition coefficient (Wildman–Crippen LogP) is 2.38. The van der Waals surface area contributed by atoms with E-state index in [0.29, 0.717) is 17.8 Å². The number of rotatable bonds is 6. The molecule has 0 bridgehead atoms. The molecule has 0 saturated heterocycles. The summed E-state index contributed by atoms with van der Waals surface area (Å²) in [7, 11) is -1.90. The van der Waals surface area contributed by atoms with Gasteiger partial charge in [-0.3, -0.25) is 9.52 Å². The normalized spacial score (nSPS) is 16.9. The summed E-state index contributed by atoms with van der Waals surface area (Å²) in [5, 5.41) is 5.96. The number of benzene rings is 2. The fraction of sp³-hybridized carbons (Fsp3) is 0.263. The summed E-state index contributed by atoms with van der Waals surface area (Å²) >= 11 is 0. The number of methoxy groups -OCH3 is 1. The molecule has 1 heterocycles. The largest absolute Gasteiger partial charge is 0.375 e. The van der Waals surface area contributed by atoms with E-state index in [9.17, 15) is 13.2 Å². The van der Waals surface area contributed by atoms with Crippen LogP contribution in [0.5, 0.6) is 0 Å². The number of hydrazone groups is 1. The fourth-order valence-corrected chi connectivity index (χ4v) is 3.57. The molecule has 1 aliphatic heterocycles. The SMILES string of the molecule is COCC(=O)N1N=C(c2cccc(NS(C)(=O)=O)c2)C[C@H]1c1ccccc1. The Bertz CT molecular complexity index is 958. The van der Waals surface area contributed by atoms with Crippen LogP contribution in [-0.4, -0.2) is 45.0 Å². The number of sulfonamides is 1. The first kappa shape index (κ1) is 19.1. The topological polar surface area (TPSA) is 88.1 Å². The number of hydrogen-bond acceptors (Lipinski definition) is 5. The van der Waals surface area contributed by atoms with E-state index < -0.39 is 10.0 Å². The molecule has 0 spiro atoms. The van der Waals surface area contributed by atoms with E-state index in [-0.39, 0.29) is 18.6 Å². The average molecular weight is 387 g/mol. The minimum Gasteiger partial charge on any atom is -0.375 e. The van der Waals surface area contributed by atoms with Crippen LogP contribution in [-0.2, 0) is 19.6 Å². The molecule has 1 amide bonds. The lowest BCUT2D eigenvalue weighted by Gasteiger charge is -2.21. The molecule has 8 heteroatoms. The third-order valence-corrected chi connectivity index (χ3v) is 4.72. The Balaban J connectivity index is 1.93. The van der Waals surface area contributed by atoms with Crippen LogP contribution in [0.15, 0.2) is 59.7 Å². The van der Waals surface area contributed by atoms with E-state index >= 15 is 0 Å². The van der Waals surface area contributed by atoms with Crippen molar-refractivity contribution in [2.45, 2.75) is 12.5 Å². The van der Waals surface area contributed by atoms with Gasteiger partial charge in [-0.05, 0) is 23.3 Å². The van der Waals surface area contributed by atoms with E-state index in [0.717, 1.165) is 17.4 Å². The number of anilines is 1. The van der Waals surface area contributed by atoms with Gasteiger partial charge in [0.25, 0.3) is 5.91 Å². The minimum absolute atomic E-state index is 0.0597. The van der Waals surface area contributed by atoms with Gasteiger partial charge in [-0.1, -0.05) is 42.5 Å². The number of nitrogens with one attached hydrogen (secondary N) is 1. The summed E-state index contributed by atoms with van der Waals surface area (Å²) in [6, 6.07) is 16.4. The van der Waals surface area contributed by atoms with E-state index in [1.165, 1.54) is 12.1 Å². The monoisotopic (exact) mass is 387 g/mol. The molecular formula is C19H21N3O4S. The van der Waals surface area contributed by atoms with Gasteiger partial charge in [0, 0.05) is 19.2 Å². The van der Waals surface area contributed by atoms with Crippen LogP contribution in [0.1, 0.15) is 23.6 Å². The fourth-order valence-electron chi connectivity index (χ4n) is 3.02. The van der Waals surface area contributed by atoms with Gasteiger partial charge < -0.3 is 4.74 Å². The Morgan fingerprint density at radius 2 is 1.96 bits per heavy atom. The first-order valence-electron chi connectivity index (χ1n) is 8.39. The van der Waals surface area contributed by atoms with Crippen molar-refractivity contribution >= 4 is 27.3 Å². The quantitative estimate of drug-likeness (QED) is 0.824. The predicted molar refractivity (Wildman–Crippen MR) is 104 cm³/mol. The lowest BCUT2D eigenvalue weighted by molar-refractivity contribution is -0.137. The number of carbonyl (C=O) groups is 1. The molecule has 3 rings (SSSR count). The summed E-state index contributed by atoms with van der Waals surface area (Å²) in [6.45, 7) is -0.0597. The zero-order chi connectivity index (χ0) is 19.4. The van der Waals surface area contributed by atoms with Gasteiger partial charge in [-0.25, -0.2) is 13.4 Å². The lowest BCUT2D eigenvalue weighted by atomic mass is 9.98. The Hall–Kier alpha value is -2.71. The molecule has 0 fully saturated rings. The first-order chi connectivity index (χ1) is 12.9. The smallest absolute Gasteiger partial charge is 0.269 e. The minimum atomic E-state index is -3.37. The van der Waals surface area contributed by atoms with E-state index in [2.05, 4.69) is 9.82 Å². The van der Waals surface area contributed by atoms with Crippen LogP contribution in [0.3, 0.4) is 0 Å². The summed E-state index contributed by atoms with van der Waals surface area (Å²) < 4.78 is 30.4. The Labute approximate surface area is 158 Å². The Kier molecular flexibility index (Phi) is 5.57. The number of hydrogen-bond donors (Lipinski definition) is 1. The van der Waals surface area contributed by atoms with Gasteiger partial charge in [0.05, 0.1) is 18.0 Å². The highest BCUT2D eigenvalue weighted by molar-refractivity contribution is 7.92. The van der Waals surface area contributed by atoms with Crippen molar-refractivity contribution in [3.63, 3.8) is 0 Å². The molecule has 142 valence electrons. The van der Waals surface area contributed by atoms with Crippen LogP contribution < -0.4 is 4.72 Å². The van der Waals surface area contributed by atoms with Crippen molar-refractivity contribution in [1.82, 2.24) is 5.01 Å². The summed E-state index contributed by atoms with van der Waals surface area (Å²) in [5.41, 5.74) is 2.91. The maximum atomic E-state index is 12.5. The molecule has 27 heavy (non-hydrogen) atoms. The van der Waals surface area contributed by atoms with Crippen molar-refractivity contribution in [3.05, 3.63) is 65.7 Å². The van der Waals surface area contributed by atoms with Crippen LogP contribution >= 0.6 is 0 Å². The second-order valence-corrected chi connectivity index (χ2v) is 8.05. The van der Waals surface area contributed by atoms with E-state index in [1.807, 2.05) is 36.4 Å². The second kappa shape index (κ2) is 7.89. The zero-order valence-corrected chi connectivity index (χ0v) is 15.9. The second-order valence-electron chi connectivity index (χ2n) is 6.30. The van der Waals surface area contributed by atoms with Crippen LogP contribution in [0.2, 0.25) is 0 Å². The molecular weight excluding hydrogens is 366 g/mol. The molecule has 2 aromatic rings. The Morgan fingerprint density at radius 3 is 2.63 bits per heavy atom. The van der Waals surface area contributed by atoms with Crippen molar-refractivity contribution in [1.29, 1.82) is 0 Å². The van der Waals surface area contributed by atoms with Gasteiger partial charge in [0.1, 0.15) is 6.61 Å². The number of amides is 1. The van der Waals surface area contributed by atoms with Crippen LogP contribution in [0.4, 0.5) is 5.69 Å². The third kappa shape index (κ3) is 4.72. The van der Waals surface area contributed by atoms with Crippen molar-refractivity contribution in [2.24, 2.45) is 5.10 Å². The molecule has 0 saturated carbocycles. The molecule has 0 aliphatic carbocycles. The summed E-state index contributed by atoms with van der Waals surface area (Å²) in [6.07, 6.45) is 1.63. The van der Waals surface area contributed by atoms with Crippen molar-refractivity contribution < 1.29 is 17.9 Å². The maximum Gasteiger partial charge on any atom is 0.269 e. The highest BCUT2D eigenvalue weighted by atomic mass is 32.2. The summed E-state index contributed by atoms with van der Waals surface area (Å²) in [4.78, 5) is 12.5. The lowest BCUT2D eigenvalue weighted by Crippen LogP contribution is -2.30. The van der Waals surface area contributed by atoms with Crippen molar-refractivity contribution in [2.75, 3.05) is 24.7 Å². The first-order valence-corrected chi connectivity index (χ1v) is 10.3. The third-order valence-electron chi connectivity index (χ3n) is 4.12. The average Bonchev–Trinajstić information content (AvgIpc) is 3.07. The van der Waals surface area contributed by atoms with Gasteiger partial charge >= 0.3 is 0 Å². The molecule has 1 atom stereocenters. The molecule has 1 aliphatic rings. The highest BCUT2D eigenvalue weighted by Crippen LogP contribution is 2.33. The summed E-state index contributed by atoms with van der Waals surface area (Å²) in [5.74, 6) is -0.230. The molecule has 0 radical (unpaired) electrons. The van der Waals surface area contributed by atoms with Gasteiger partial charge in [-0.2, -0.15) is 5.10 Å². The highest BCUT2D eigenvalue weighted by Gasteiger charge is 2.32. The zero-order valence-electron chi connectivity index (χ0n) is 15.1. The molecule has 0 aromatic heterocycles.